The van der Waals surface area contributed by atoms with Crippen LogP contribution in [0.1, 0.15) is 28.9 Å². The van der Waals surface area contributed by atoms with Gasteiger partial charge in [0.05, 0.1) is 0 Å². The Balaban J connectivity index is 1.70. The molecule has 0 bridgehead atoms. The molecule has 0 amide bonds. The zero-order valence-electron chi connectivity index (χ0n) is 11.3. The number of anilines is 1. The van der Waals surface area contributed by atoms with Crippen LogP contribution in [0.5, 0.6) is 0 Å². The van der Waals surface area contributed by atoms with Gasteiger partial charge in [-0.25, -0.2) is 9.97 Å². The van der Waals surface area contributed by atoms with E-state index in [1.807, 2.05) is 7.05 Å². The van der Waals surface area contributed by atoms with Crippen LogP contribution in [0.15, 0.2) is 30.6 Å². The quantitative estimate of drug-likeness (QED) is 0.910. The van der Waals surface area contributed by atoms with Crippen molar-refractivity contribution >= 4 is 5.69 Å². The lowest BCUT2D eigenvalue weighted by atomic mass is 10.0. The van der Waals surface area contributed by atoms with Crippen molar-refractivity contribution in [1.82, 2.24) is 9.97 Å². The molecule has 0 atom stereocenters. The lowest BCUT2D eigenvalue weighted by Crippen LogP contribution is -2.02. The highest BCUT2D eigenvalue weighted by molar-refractivity contribution is 5.44. The van der Waals surface area contributed by atoms with Crippen molar-refractivity contribution in [2.24, 2.45) is 0 Å². The number of aromatic nitrogens is 2. The summed E-state index contributed by atoms with van der Waals surface area (Å²) in [6.45, 7) is 0. The molecule has 2 aromatic rings. The minimum atomic E-state index is 1.02. The summed E-state index contributed by atoms with van der Waals surface area (Å²) in [5.41, 5.74) is 6.46. The van der Waals surface area contributed by atoms with Gasteiger partial charge >= 0.3 is 0 Å². The van der Waals surface area contributed by atoms with E-state index in [-0.39, 0.29) is 0 Å². The Hall–Kier alpha value is -1.90. The molecule has 98 valence electrons. The molecule has 3 rings (SSSR count). The monoisotopic (exact) mass is 253 g/mol. The average Bonchev–Trinajstić information content (AvgIpc) is 2.94. The van der Waals surface area contributed by atoms with Gasteiger partial charge in [0.1, 0.15) is 6.33 Å². The molecule has 1 N–H and O–H groups in total. The largest absolute Gasteiger partial charge is 0.388 e. The smallest absolute Gasteiger partial charge is 0.115 e. The molecule has 0 aliphatic heterocycles. The molecule has 0 saturated carbocycles. The molecule has 1 aromatic heterocycles. The van der Waals surface area contributed by atoms with Crippen LogP contribution in [0.3, 0.4) is 0 Å². The first-order valence-corrected chi connectivity index (χ1v) is 6.95. The van der Waals surface area contributed by atoms with Gasteiger partial charge in [0.15, 0.2) is 0 Å². The topological polar surface area (TPSA) is 37.8 Å². The number of nitrogens with one attached hydrogen (secondary N) is 1. The van der Waals surface area contributed by atoms with Gasteiger partial charge in [-0.1, -0.05) is 12.1 Å². The summed E-state index contributed by atoms with van der Waals surface area (Å²) in [5, 5.41) is 3.14. The number of aryl methyl sites for hydroxylation is 3. The van der Waals surface area contributed by atoms with Crippen LogP contribution >= 0.6 is 0 Å². The SMILES string of the molecule is CNc1ccc(CCc2ncnc3c2CCC3)cc1. The summed E-state index contributed by atoms with van der Waals surface area (Å²) in [7, 11) is 1.94. The van der Waals surface area contributed by atoms with Crippen LogP contribution in [0.25, 0.3) is 0 Å². The normalized spacial score (nSPS) is 13.3. The fourth-order valence-electron chi connectivity index (χ4n) is 2.74. The summed E-state index contributed by atoms with van der Waals surface area (Å²) in [5.74, 6) is 0. The number of nitrogens with zero attached hydrogens (tertiary/aromatic N) is 2. The van der Waals surface area contributed by atoms with Gasteiger partial charge in [-0.2, -0.15) is 0 Å². The van der Waals surface area contributed by atoms with Crippen LogP contribution in [0.4, 0.5) is 5.69 Å². The first-order chi connectivity index (χ1) is 9.36. The Morgan fingerprint density at radius 2 is 1.89 bits per heavy atom. The first kappa shape index (κ1) is 12.2. The van der Waals surface area contributed by atoms with Gasteiger partial charge < -0.3 is 5.32 Å². The second-order valence-corrected chi connectivity index (χ2v) is 5.05. The third kappa shape index (κ3) is 2.60. The minimum Gasteiger partial charge on any atom is -0.388 e. The van der Waals surface area contributed by atoms with Gasteiger partial charge in [-0.3, -0.25) is 0 Å². The van der Waals surface area contributed by atoms with Crippen molar-refractivity contribution in [3.63, 3.8) is 0 Å². The average molecular weight is 253 g/mol. The molecule has 1 heterocycles. The highest BCUT2D eigenvalue weighted by Gasteiger charge is 2.16. The molecule has 1 aliphatic carbocycles. The number of hydrogen-bond donors (Lipinski definition) is 1. The molecule has 1 aliphatic rings. The van der Waals surface area contributed by atoms with E-state index in [1.54, 1.807) is 6.33 Å². The van der Waals surface area contributed by atoms with Crippen LogP contribution < -0.4 is 5.32 Å². The molecule has 0 unspecified atom stereocenters. The lowest BCUT2D eigenvalue weighted by molar-refractivity contribution is 0.866. The van der Waals surface area contributed by atoms with Crippen molar-refractivity contribution in [3.8, 4) is 0 Å². The maximum atomic E-state index is 4.48. The number of rotatable bonds is 4. The molecule has 1 aromatic carbocycles. The molecule has 0 saturated heterocycles. The van der Waals surface area contributed by atoms with E-state index in [9.17, 15) is 0 Å². The Kier molecular flexibility index (Phi) is 3.45. The molecule has 0 spiro atoms. The van der Waals surface area contributed by atoms with E-state index in [2.05, 4.69) is 39.6 Å². The zero-order chi connectivity index (χ0) is 13.1. The van der Waals surface area contributed by atoms with Crippen LogP contribution in [-0.2, 0) is 25.7 Å². The third-order valence-electron chi connectivity index (χ3n) is 3.86. The second kappa shape index (κ2) is 5.39. The summed E-state index contributed by atoms with van der Waals surface area (Å²) in [6.07, 6.45) is 7.31. The summed E-state index contributed by atoms with van der Waals surface area (Å²) in [6, 6.07) is 8.62. The Labute approximate surface area is 114 Å². The van der Waals surface area contributed by atoms with Crippen LogP contribution in [0.2, 0.25) is 0 Å². The summed E-state index contributed by atoms with van der Waals surface area (Å²) < 4.78 is 0. The fourth-order valence-corrected chi connectivity index (χ4v) is 2.74. The fraction of sp³-hybridized carbons (Fsp3) is 0.375. The highest BCUT2D eigenvalue weighted by atomic mass is 14.8. The Morgan fingerprint density at radius 1 is 1.05 bits per heavy atom. The van der Waals surface area contributed by atoms with E-state index in [0.717, 1.165) is 31.4 Å². The van der Waals surface area contributed by atoms with Crippen molar-refractivity contribution in [1.29, 1.82) is 0 Å². The van der Waals surface area contributed by atoms with Gasteiger partial charge in [0, 0.05) is 24.1 Å². The summed E-state index contributed by atoms with van der Waals surface area (Å²) >= 11 is 0. The molecule has 3 heteroatoms. The number of hydrogen-bond acceptors (Lipinski definition) is 3. The number of fused-ring (bicyclic) bond motifs is 1. The lowest BCUT2D eigenvalue weighted by Gasteiger charge is -2.07. The molecule has 0 fully saturated rings. The maximum Gasteiger partial charge on any atom is 0.115 e. The van der Waals surface area contributed by atoms with Crippen LogP contribution in [0, 0.1) is 0 Å². The van der Waals surface area contributed by atoms with Gasteiger partial charge in [0.2, 0.25) is 0 Å². The third-order valence-corrected chi connectivity index (χ3v) is 3.86. The van der Waals surface area contributed by atoms with Crippen molar-refractivity contribution in [2.45, 2.75) is 32.1 Å². The van der Waals surface area contributed by atoms with Gasteiger partial charge in [-0.15, -0.1) is 0 Å². The summed E-state index contributed by atoms with van der Waals surface area (Å²) in [4.78, 5) is 8.85. The van der Waals surface area contributed by atoms with Crippen molar-refractivity contribution in [3.05, 3.63) is 53.1 Å². The van der Waals surface area contributed by atoms with Gasteiger partial charge in [0.25, 0.3) is 0 Å². The predicted octanol–water partition coefficient (Wildman–Crippen LogP) is 2.79. The first-order valence-electron chi connectivity index (χ1n) is 6.95. The Morgan fingerprint density at radius 3 is 2.68 bits per heavy atom. The van der Waals surface area contributed by atoms with E-state index in [1.165, 1.54) is 28.9 Å². The predicted molar refractivity (Wildman–Crippen MR) is 77.5 cm³/mol. The highest BCUT2D eigenvalue weighted by Crippen LogP contribution is 2.22. The maximum absolute atomic E-state index is 4.48. The minimum absolute atomic E-state index is 1.02. The molecule has 19 heavy (non-hydrogen) atoms. The van der Waals surface area contributed by atoms with Crippen molar-refractivity contribution in [2.75, 3.05) is 12.4 Å². The van der Waals surface area contributed by atoms with Crippen molar-refractivity contribution < 1.29 is 0 Å². The standard InChI is InChI=1S/C16H19N3/c1-17-13-8-5-12(6-9-13)7-10-16-14-3-2-4-15(14)18-11-19-16/h5-6,8-9,11,17H,2-4,7,10H2,1H3. The van der Waals surface area contributed by atoms with Crippen LogP contribution in [-0.4, -0.2) is 17.0 Å². The molecule has 0 radical (unpaired) electrons. The van der Waals surface area contributed by atoms with E-state index in [0.29, 0.717) is 0 Å². The molecular weight excluding hydrogens is 234 g/mol. The van der Waals surface area contributed by atoms with E-state index >= 15 is 0 Å². The Bertz CT molecular complexity index is 561. The molecule has 3 nitrogen and oxygen atoms in total. The van der Waals surface area contributed by atoms with E-state index in [4.69, 9.17) is 0 Å². The number of benzene rings is 1. The second-order valence-electron chi connectivity index (χ2n) is 5.05. The van der Waals surface area contributed by atoms with E-state index < -0.39 is 0 Å². The van der Waals surface area contributed by atoms with Gasteiger partial charge in [-0.05, 0) is 55.4 Å². The zero-order valence-corrected chi connectivity index (χ0v) is 11.3. The molecular formula is C16H19N3.